The topological polar surface area (TPSA) is 113 Å². The number of nitrogens with one attached hydrogen (secondary N) is 1. The molecule has 0 spiro atoms. The Labute approximate surface area is 115 Å². The van der Waals surface area contributed by atoms with Gasteiger partial charge in [0.05, 0.1) is 13.5 Å². The minimum atomic E-state index is -1.24. The van der Waals surface area contributed by atoms with Crippen molar-refractivity contribution in [2.24, 2.45) is 0 Å². The van der Waals surface area contributed by atoms with E-state index >= 15 is 0 Å². The Hall–Kier alpha value is -2.57. The first kappa shape index (κ1) is 15.5. The summed E-state index contributed by atoms with van der Waals surface area (Å²) in [6.07, 6.45) is -0.626. The summed E-state index contributed by atoms with van der Waals surface area (Å²) in [6.45, 7) is 0. The molecule has 0 aliphatic carbocycles. The van der Waals surface area contributed by atoms with Crippen LogP contribution in [0.3, 0.4) is 0 Å². The van der Waals surface area contributed by atoms with Crippen LogP contribution in [-0.2, 0) is 14.4 Å². The molecule has 7 heteroatoms. The number of aliphatic carboxylic acids is 2. The maximum atomic E-state index is 11.5. The average molecular weight is 281 g/mol. The van der Waals surface area contributed by atoms with Gasteiger partial charge in [0, 0.05) is 6.42 Å². The summed E-state index contributed by atoms with van der Waals surface area (Å²) in [4.78, 5) is 33.1. The summed E-state index contributed by atoms with van der Waals surface area (Å²) in [7, 11) is 1.44. The largest absolute Gasteiger partial charge is 0.497 e. The maximum absolute atomic E-state index is 11.5. The molecular weight excluding hydrogens is 266 g/mol. The van der Waals surface area contributed by atoms with E-state index in [1.807, 2.05) is 0 Å². The van der Waals surface area contributed by atoms with Crippen LogP contribution in [0.25, 0.3) is 0 Å². The van der Waals surface area contributed by atoms with Crippen molar-refractivity contribution in [2.75, 3.05) is 7.11 Å². The van der Waals surface area contributed by atoms with Crippen molar-refractivity contribution in [3.8, 4) is 5.75 Å². The molecule has 1 aromatic carbocycles. The molecule has 1 unspecified atom stereocenters. The summed E-state index contributed by atoms with van der Waals surface area (Å²) >= 11 is 0. The van der Waals surface area contributed by atoms with Gasteiger partial charge < -0.3 is 20.3 Å². The molecule has 20 heavy (non-hydrogen) atoms. The average Bonchev–Trinajstić information content (AvgIpc) is 2.42. The van der Waals surface area contributed by atoms with E-state index in [-0.39, 0.29) is 12.8 Å². The molecule has 7 nitrogen and oxygen atoms in total. The third kappa shape index (κ3) is 4.60. The lowest BCUT2D eigenvalue weighted by Gasteiger charge is -2.15. The van der Waals surface area contributed by atoms with Gasteiger partial charge >= 0.3 is 11.9 Å². The van der Waals surface area contributed by atoms with E-state index in [1.54, 1.807) is 18.2 Å². The monoisotopic (exact) mass is 281 g/mol. The number of ether oxygens (including phenoxy) is 1. The molecule has 0 aliphatic heterocycles. The molecule has 0 radical (unpaired) electrons. The number of carboxylic acid groups (broad SMARTS) is 2. The van der Waals surface area contributed by atoms with Gasteiger partial charge in [-0.15, -0.1) is 0 Å². The second kappa shape index (κ2) is 7.13. The number of hydrogen-bond acceptors (Lipinski definition) is 4. The Morgan fingerprint density at radius 3 is 2.50 bits per heavy atom. The number of benzene rings is 1. The lowest BCUT2D eigenvalue weighted by Crippen LogP contribution is -2.33. The van der Waals surface area contributed by atoms with E-state index in [0.717, 1.165) is 0 Å². The van der Waals surface area contributed by atoms with E-state index in [2.05, 4.69) is 5.32 Å². The quantitative estimate of drug-likeness (QED) is 0.681. The number of methoxy groups -OCH3 is 1. The standard InChI is InChI=1S/C13H15NO6/c1-20-9-4-2-3-8(7-9)12(13(18)19)14-10(15)5-6-11(16)17/h2-4,7,12H,5-6H2,1H3,(H,14,15)(H,16,17)(H,18,19). The Kier molecular flexibility index (Phi) is 5.52. The van der Waals surface area contributed by atoms with Crippen molar-refractivity contribution in [3.63, 3.8) is 0 Å². The van der Waals surface area contributed by atoms with Gasteiger partial charge in [-0.25, -0.2) is 4.79 Å². The molecular formula is C13H15NO6. The van der Waals surface area contributed by atoms with Gasteiger partial charge in [0.2, 0.25) is 5.91 Å². The van der Waals surface area contributed by atoms with Gasteiger partial charge in [0.15, 0.2) is 6.04 Å². The number of amides is 1. The molecule has 0 saturated carbocycles. The zero-order valence-corrected chi connectivity index (χ0v) is 10.8. The first-order valence-electron chi connectivity index (χ1n) is 5.82. The van der Waals surface area contributed by atoms with Gasteiger partial charge in [0.25, 0.3) is 0 Å². The molecule has 0 bridgehead atoms. The highest BCUT2D eigenvalue weighted by Crippen LogP contribution is 2.19. The molecule has 0 heterocycles. The zero-order chi connectivity index (χ0) is 15.1. The van der Waals surface area contributed by atoms with Crippen LogP contribution >= 0.6 is 0 Å². The molecule has 0 fully saturated rings. The molecule has 1 atom stereocenters. The predicted octanol–water partition coefficient (Wildman–Crippen LogP) is 0.802. The van der Waals surface area contributed by atoms with Crippen LogP contribution in [0.1, 0.15) is 24.4 Å². The van der Waals surface area contributed by atoms with Crippen molar-refractivity contribution in [3.05, 3.63) is 29.8 Å². The summed E-state index contributed by atoms with van der Waals surface area (Å²) in [5, 5.41) is 19.9. The minimum Gasteiger partial charge on any atom is -0.497 e. The van der Waals surface area contributed by atoms with Crippen LogP contribution in [0.2, 0.25) is 0 Å². The SMILES string of the molecule is COc1cccc(C(NC(=O)CCC(=O)O)C(=O)O)c1. The Morgan fingerprint density at radius 1 is 1.25 bits per heavy atom. The first-order chi connectivity index (χ1) is 9.43. The van der Waals surface area contributed by atoms with Crippen molar-refractivity contribution in [2.45, 2.75) is 18.9 Å². The molecule has 1 rings (SSSR count). The van der Waals surface area contributed by atoms with Crippen LogP contribution in [0.15, 0.2) is 24.3 Å². The lowest BCUT2D eigenvalue weighted by molar-refractivity contribution is -0.142. The van der Waals surface area contributed by atoms with Crippen LogP contribution < -0.4 is 10.1 Å². The Morgan fingerprint density at radius 2 is 1.95 bits per heavy atom. The normalized spacial score (nSPS) is 11.4. The minimum absolute atomic E-state index is 0.275. The van der Waals surface area contributed by atoms with E-state index < -0.39 is 23.9 Å². The molecule has 1 amide bonds. The maximum Gasteiger partial charge on any atom is 0.330 e. The molecule has 3 N–H and O–H groups in total. The van der Waals surface area contributed by atoms with E-state index in [4.69, 9.17) is 14.9 Å². The van der Waals surface area contributed by atoms with Crippen LogP contribution in [0.5, 0.6) is 5.75 Å². The fourth-order valence-electron chi connectivity index (χ4n) is 1.56. The molecule has 0 aliphatic rings. The van der Waals surface area contributed by atoms with Gasteiger partial charge in [-0.05, 0) is 17.7 Å². The molecule has 108 valence electrons. The third-order valence-electron chi connectivity index (χ3n) is 2.55. The van der Waals surface area contributed by atoms with E-state index in [1.165, 1.54) is 13.2 Å². The molecule has 1 aromatic rings. The smallest absolute Gasteiger partial charge is 0.330 e. The van der Waals surface area contributed by atoms with Crippen molar-refractivity contribution < 1.29 is 29.3 Å². The van der Waals surface area contributed by atoms with Crippen molar-refractivity contribution in [1.29, 1.82) is 0 Å². The fraction of sp³-hybridized carbons (Fsp3) is 0.308. The zero-order valence-electron chi connectivity index (χ0n) is 10.8. The lowest BCUT2D eigenvalue weighted by atomic mass is 10.1. The number of carbonyl (C=O) groups excluding carboxylic acids is 1. The van der Waals surface area contributed by atoms with Gasteiger partial charge in [-0.2, -0.15) is 0 Å². The highest BCUT2D eigenvalue weighted by molar-refractivity contribution is 5.86. The summed E-state index contributed by atoms with van der Waals surface area (Å²) in [5.41, 5.74) is 0.348. The number of hydrogen-bond donors (Lipinski definition) is 3. The predicted molar refractivity (Wildman–Crippen MR) is 68.4 cm³/mol. The molecule has 0 aromatic heterocycles. The number of rotatable bonds is 7. The van der Waals surface area contributed by atoms with Gasteiger partial charge in [-0.1, -0.05) is 12.1 Å². The van der Waals surface area contributed by atoms with Crippen LogP contribution in [-0.4, -0.2) is 35.2 Å². The summed E-state index contributed by atoms with van der Waals surface area (Å²) in [5.74, 6) is -2.52. The summed E-state index contributed by atoms with van der Waals surface area (Å²) < 4.78 is 4.99. The summed E-state index contributed by atoms with van der Waals surface area (Å²) in [6, 6.07) is 5.04. The second-order valence-electron chi connectivity index (χ2n) is 4.01. The number of carboxylic acids is 2. The van der Waals surface area contributed by atoms with Crippen LogP contribution in [0.4, 0.5) is 0 Å². The molecule has 0 saturated heterocycles. The van der Waals surface area contributed by atoms with Gasteiger partial charge in [0.1, 0.15) is 5.75 Å². The van der Waals surface area contributed by atoms with Crippen LogP contribution in [0, 0.1) is 0 Å². The van der Waals surface area contributed by atoms with E-state index in [9.17, 15) is 14.4 Å². The highest BCUT2D eigenvalue weighted by atomic mass is 16.5. The Balaban J connectivity index is 2.81. The number of carbonyl (C=O) groups is 3. The van der Waals surface area contributed by atoms with E-state index in [0.29, 0.717) is 11.3 Å². The third-order valence-corrected chi connectivity index (χ3v) is 2.55. The van der Waals surface area contributed by atoms with Crippen molar-refractivity contribution >= 4 is 17.8 Å². The second-order valence-corrected chi connectivity index (χ2v) is 4.01. The first-order valence-corrected chi connectivity index (χ1v) is 5.82. The highest BCUT2D eigenvalue weighted by Gasteiger charge is 2.22. The van der Waals surface area contributed by atoms with Crippen molar-refractivity contribution in [1.82, 2.24) is 5.32 Å². The fourth-order valence-corrected chi connectivity index (χ4v) is 1.56. The van der Waals surface area contributed by atoms with Gasteiger partial charge in [-0.3, -0.25) is 9.59 Å². The Bertz CT molecular complexity index is 513.